The van der Waals surface area contributed by atoms with Gasteiger partial charge in [-0.05, 0) is 61.7 Å². The monoisotopic (exact) mass is 268 g/mol. The van der Waals surface area contributed by atoms with Gasteiger partial charge in [-0.25, -0.2) is 4.39 Å². The van der Waals surface area contributed by atoms with Crippen LogP contribution in [0.1, 0.15) is 30.5 Å². The first-order chi connectivity index (χ1) is 9.46. The van der Waals surface area contributed by atoms with Crippen LogP contribution in [0.25, 0.3) is 5.57 Å². The van der Waals surface area contributed by atoms with Crippen molar-refractivity contribution in [3.8, 4) is 5.75 Å². The summed E-state index contributed by atoms with van der Waals surface area (Å²) in [4.78, 5) is 0. The first-order valence-electron chi connectivity index (χ1n) is 6.74. The van der Waals surface area contributed by atoms with Gasteiger partial charge in [0.05, 0.1) is 0 Å². The molecule has 102 valence electrons. The molecule has 1 nitrogen and oxygen atoms in total. The maximum absolute atomic E-state index is 13.1. The van der Waals surface area contributed by atoms with Crippen molar-refractivity contribution >= 4 is 5.57 Å². The quantitative estimate of drug-likeness (QED) is 0.726. The van der Waals surface area contributed by atoms with E-state index in [-0.39, 0.29) is 11.4 Å². The van der Waals surface area contributed by atoms with Crippen molar-refractivity contribution in [3.63, 3.8) is 0 Å². The van der Waals surface area contributed by atoms with Crippen LogP contribution in [-0.4, -0.2) is 5.60 Å². The molecule has 2 aromatic carbocycles. The smallest absolute Gasteiger partial charge is 0.128 e. The third kappa shape index (κ3) is 2.22. The average Bonchev–Trinajstić information content (AvgIpc) is 2.37. The molecule has 0 amide bonds. The largest absolute Gasteiger partial charge is 0.483 e. The van der Waals surface area contributed by atoms with E-state index >= 15 is 0 Å². The van der Waals surface area contributed by atoms with Gasteiger partial charge >= 0.3 is 0 Å². The Morgan fingerprint density at radius 1 is 1.00 bits per heavy atom. The fourth-order valence-electron chi connectivity index (χ4n) is 2.66. The third-order valence-corrected chi connectivity index (χ3v) is 3.52. The molecule has 3 rings (SSSR count). The second kappa shape index (κ2) is 4.48. The van der Waals surface area contributed by atoms with E-state index in [0.717, 1.165) is 28.0 Å². The molecular weight excluding hydrogens is 251 g/mol. The molecule has 0 bridgehead atoms. The minimum absolute atomic E-state index is 0.217. The van der Waals surface area contributed by atoms with Crippen LogP contribution in [0.3, 0.4) is 0 Å². The van der Waals surface area contributed by atoms with Crippen LogP contribution in [0.4, 0.5) is 4.39 Å². The van der Waals surface area contributed by atoms with E-state index in [1.165, 1.54) is 12.1 Å². The van der Waals surface area contributed by atoms with Crippen LogP contribution >= 0.6 is 0 Å². The number of hydrogen-bond acceptors (Lipinski definition) is 1. The number of fused-ring (bicyclic) bond motifs is 1. The lowest BCUT2D eigenvalue weighted by Crippen LogP contribution is -2.29. The molecule has 2 aromatic rings. The summed E-state index contributed by atoms with van der Waals surface area (Å²) >= 11 is 0. The highest BCUT2D eigenvalue weighted by molar-refractivity contribution is 5.86. The number of benzene rings is 2. The van der Waals surface area contributed by atoms with Gasteiger partial charge in [-0.1, -0.05) is 24.3 Å². The van der Waals surface area contributed by atoms with Gasteiger partial charge in [-0.15, -0.1) is 0 Å². The van der Waals surface area contributed by atoms with Crippen molar-refractivity contribution in [2.45, 2.75) is 26.4 Å². The molecule has 20 heavy (non-hydrogen) atoms. The molecule has 0 saturated heterocycles. The van der Waals surface area contributed by atoms with Crippen molar-refractivity contribution in [1.82, 2.24) is 0 Å². The first-order valence-corrected chi connectivity index (χ1v) is 6.74. The van der Waals surface area contributed by atoms with Gasteiger partial charge in [-0.2, -0.15) is 0 Å². The molecule has 2 heteroatoms. The lowest BCUT2D eigenvalue weighted by Gasteiger charge is -2.32. The summed E-state index contributed by atoms with van der Waals surface area (Å²) in [6, 6.07) is 12.7. The third-order valence-electron chi connectivity index (χ3n) is 3.52. The van der Waals surface area contributed by atoms with E-state index in [9.17, 15) is 4.39 Å². The Balaban J connectivity index is 2.22. The molecule has 0 atom stereocenters. The van der Waals surface area contributed by atoms with Gasteiger partial charge in [0.25, 0.3) is 0 Å². The molecule has 0 aliphatic carbocycles. The lowest BCUT2D eigenvalue weighted by molar-refractivity contribution is 0.158. The highest BCUT2D eigenvalue weighted by Gasteiger charge is 2.27. The summed E-state index contributed by atoms with van der Waals surface area (Å²) in [5.74, 6) is 0.669. The Bertz CT molecular complexity index is 681. The van der Waals surface area contributed by atoms with Crippen molar-refractivity contribution < 1.29 is 9.13 Å². The predicted molar refractivity (Wildman–Crippen MR) is 79.4 cm³/mol. The molecule has 1 aliphatic heterocycles. The van der Waals surface area contributed by atoms with Crippen LogP contribution < -0.4 is 4.74 Å². The Morgan fingerprint density at radius 3 is 2.40 bits per heavy atom. The van der Waals surface area contributed by atoms with E-state index in [4.69, 9.17) is 4.74 Å². The van der Waals surface area contributed by atoms with Crippen LogP contribution in [0, 0.1) is 12.7 Å². The summed E-state index contributed by atoms with van der Waals surface area (Å²) < 4.78 is 19.2. The van der Waals surface area contributed by atoms with Gasteiger partial charge < -0.3 is 4.74 Å². The molecule has 0 fully saturated rings. The Morgan fingerprint density at radius 2 is 1.70 bits per heavy atom. The van der Waals surface area contributed by atoms with Gasteiger partial charge in [0.2, 0.25) is 0 Å². The molecule has 1 heterocycles. The summed E-state index contributed by atoms with van der Waals surface area (Å²) in [6.07, 6.45) is 2.11. The molecule has 0 radical (unpaired) electrons. The molecule has 1 aliphatic rings. The zero-order valence-electron chi connectivity index (χ0n) is 11.9. The second-order valence-electron chi connectivity index (χ2n) is 5.72. The molecule has 0 spiro atoms. The Hall–Kier alpha value is -2.09. The van der Waals surface area contributed by atoms with E-state index in [1.54, 1.807) is 0 Å². The standard InChI is InChI=1S/C18H17FO/c1-12-5-4-6-16-17(12)15(11-18(2,3)20-16)13-7-9-14(19)10-8-13/h4-11H,1-3H3. The minimum atomic E-state index is -0.371. The summed E-state index contributed by atoms with van der Waals surface area (Å²) in [5.41, 5.74) is 4.00. The van der Waals surface area contributed by atoms with Crippen LogP contribution in [0.5, 0.6) is 5.75 Å². The highest BCUT2D eigenvalue weighted by atomic mass is 19.1. The van der Waals surface area contributed by atoms with Crippen molar-refractivity contribution in [3.05, 3.63) is 71.0 Å². The fraction of sp³-hybridized carbons (Fsp3) is 0.222. The molecular formula is C18H17FO. The molecule has 0 aromatic heterocycles. The zero-order valence-corrected chi connectivity index (χ0v) is 11.9. The van der Waals surface area contributed by atoms with E-state index < -0.39 is 0 Å². The van der Waals surface area contributed by atoms with Crippen molar-refractivity contribution in [1.29, 1.82) is 0 Å². The van der Waals surface area contributed by atoms with Crippen LogP contribution in [-0.2, 0) is 0 Å². The summed E-state index contributed by atoms with van der Waals surface area (Å²) in [6.45, 7) is 6.13. The Kier molecular flexibility index (Phi) is 2.89. The molecule has 0 unspecified atom stereocenters. The average molecular weight is 268 g/mol. The predicted octanol–water partition coefficient (Wildman–Crippen LogP) is 4.74. The topological polar surface area (TPSA) is 9.23 Å². The van der Waals surface area contributed by atoms with Gasteiger partial charge in [-0.3, -0.25) is 0 Å². The summed E-state index contributed by atoms with van der Waals surface area (Å²) in [5, 5.41) is 0. The second-order valence-corrected chi connectivity index (χ2v) is 5.72. The van der Waals surface area contributed by atoms with Crippen LogP contribution in [0.15, 0.2) is 48.5 Å². The number of halogens is 1. The SMILES string of the molecule is Cc1cccc2c1C(c1ccc(F)cc1)=CC(C)(C)O2. The molecule has 0 N–H and O–H groups in total. The van der Waals surface area contributed by atoms with E-state index in [1.807, 2.05) is 38.1 Å². The molecule has 0 saturated carbocycles. The Labute approximate surface area is 118 Å². The van der Waals surface area contributed by atoms with Crippen molar-refractivity contribution in [2.75, 3.05) is 0 Å². The fourth-order valence-corrected chi connectivity index (χ4v) is 2.66. The zero-order chi connectivity index (χ0) is 14.3. The number of rotatable bonds is 1. The van der Waals surface area contributed by atoms with E-state index in [2.05, 4.69) is 19.1 Å². The summed E-state index contributed by atoms with van der Waals surface area (Å²) in [7, 11) is 0. The van der Waals surface area contributed by atoms with Crippen LogP contribution in [0.2, 0.25) is 0 Å². The van der Waals surface area contributed by atoms with Gasteiger partial charge in [0.15, 0.2) is 0 Å². The first kappa shape index (κ1) is 12.9. The van der Waals surface area contributed by atoms with E-state index in [0.29, 0.717) is 0 Å². The normalized spacial score (nSPS) is 16.1. The lowest BCUT2D eigenvalue weighted by atomic mass is 9.87. The maximum atomic E-state index is 13.1. The van der Waals surface area contributed by atoms with Gasteiger partial charge in [0, 0.05) is 5.56 Å². The highest BCUT2D eigenvalue weighted by Crippen LogP contribution is 2.40. The van der Waals surface area contributed by atoms with Gasteiger partial charge in [0.1, 0.15) is 17.2 Å². The van der Waals surface area contributed by atoms with Crippen molar-refractivity contribution in [2.24, 2.45) is 0 Å². The minimum Gasteiger partial charge on any atom is -0.483 e. The maximum Gasteiger partial charge on any atom is 0.128 e. The number of aryl methyl sites for hydroxylation is 1. The number of hydrogen-bond donors (Lipinski definition) is 0. The number of ether oxygens (including phenoxy) is 1.